The molecule has 0 spiro atoms. The van der Waals surface area contributed by atoms with Crippen molar-refractivity contribution in [3.05, 3.63) is 123 Å². The molecule has 75 heavy (non-hydrogen) atoms. The van der Waals surface area contributed by atoms with Gasteiger partial charge in [-0.3, -0.25) is 33.7 Å². The lowest BCUT2D eigenvalue weighted by atomic mass is 9.82. The maximum absolute atomic E-state index is 15.8. The first-order chi connectivity index (χ1) is 36.2. The van der Waals surface area contributed by atoms with Gasteiger partial charge in [-0.1, -0.05) is 63.1 Å². The third-order valence-corrected chi connectivity index (χ3v) is 16.6. The predicted molar refractivity (Wildman–Crippen MR) is 281 cm³/mol. The zero-order chi connectivity index (χ0) is 52.8. The van der Waals surface area contributed by atoms with E-state index in [2.05, 4.69) is 27.0 Å². The fraction of sp³-hybridized carbons (Fsp3) is 0.534. The van der Waals surface area contributed by atoms with Crippen molar-refractivity contribution in [2.75, 3.05) is 65.4 Å². The lowest BCUT2D eigenvalue weighted by Gasteiger charge is -2.40. The Morgan fingerprint density at radius 1 is 0.760 bits per heavy atom. The SMILES string of the molecule is C=C(CC)C(=O)N1CCC(c2ccc(C(=O)NC(C(=O)N3CCC(OC4CCN(CC(=O)N5CCN(C(=O)c6cc(Cc7n[nH]c(=O)c8ccccc78)ccc6F)CC5)CC4)CC3)C3CCCCC3)c(F)c2)CC1C. The van der Waals surface area contributed by atoms with Gasteiger partial charge in [0.05, 0.1) is 41.0 Å². The highest BCUT2D eigenvalue weighted by Crippen LogP contribution is 2.34. The largest absolute Gasteiger partial charge is 0.375 e. The first-order valence-electron chi connectivity index (χ1n) is 27.3. The number of likely N-dealkylation sites (tertiary alicyclic amines) is 3. The number of piperazine rings is 1. The molecule has 3 aromatic carbocycles. The Kier molecular flexibility index (Phi) is 17.2. The average molecular weight is 1030 g/mol. The minimum absolute atomic E-state index is 0.00942. The van der Waals surface area contributed by atoms with E-state index in [-0.39, 0.29) is 84.1 Å². The van der Waals surface area contributed by atoms with Gasteiger partial charge in [-0.25, -0.2) is 13.9 Å². The Morgan fingerprint density at radius 2 is 1.44 bits per heavy atom. The molecule has 5 heterocycles. The van der Waals surface area contributed by atoms with Crippen LogP contribution in [-0.4, -0.2) is 154 Å². The van der Waals surface area contributed by atoms with Gasteiger partial charge in [0.25, 0.3) is 17.4 Å². The second-order valence-corrected chi connectivity index (χ2v) is 21.5. The van der Waals surface area contributed by atoms with E-state index in [9.17, 15) is 28.8 Å². The molecule has 0 radical (unpaired) electrons. The zero-order valence-corrected chi connectivity index (χ0v) is 43.5. The monoisotopic (exact) mass is 1030 g/mol. The third kappa shape index (κ3) is 12.5. The van der Waals surface area contributed by atoms with E-state index < -0.39 is 29.5 Å². The number of nitrogens with zero attached hydrogens (tertiary/aromatic N) is 6. The first kappa shape index (κ1) is 53.5. The molecule has 0 bridgehead atoms. The Hall–Kier alpha value is -6.33. The summed E-state index contributed by atoms with van der Waals surface area (Å²) in [6.07, 6.45) is 9.86. The van der Waals surface area contributed by atoms with Crippen molar-refractivity contribution in [2.45, 2.75) is 128 Å². The second kappa shape index (κ2) is 24.1. The quantitative estimate of drug-likeness (QED) is 0.127. The number of hydrogen-bond acceptors (Lipinski definition) is 9. The number of piperidine rings is 3. The fourth-order valence-corrected chi connectivity index (χ4v) is 12.0. The minimum atomic E-state index is -0.748. The van der Waals surface area contributed by atoms with Crippen molar-refractivity contribution in [3.8, 4) is 0 Å². The van der Waals surface area contributed by atoms with E-state index >= 15 is 8.78 Å². The standard InChI is InChI=1S/C58H72F2N8O7/c1-4-37(2)56(72)68-27-18-42(32-38(68)3)41-15-16-47(50(60)35-41)54(70)61-53(40-10-6-5-7-11-40)58(74)66-25-21-44(22-26-66)75-43-19-23-64(24-20-43)36-52(69)65-28-30-67(31-29-65)57(73)48-33-39(14-17-49(48)59)34-51-45-12-8-9-13-46(45)55(71)63-62-51/h8-9,12-17,33,35,38,40,42-44,53H,2,4-7,10-11,18-32,34,36H2,1,3H3,(H,61,70)(H,63,71). The maximum atomic E-state index is 15.8. The van der Waals surface area contributed by atoms with Crippen LogP contribution in [0.25, 0.3) is 10.8 Å². The summed E-state index contributed by atoms with van der Waals surface area (Å²) in [7, 11) is 0. The van der Waals surface area contributed by atoms with Crippen molar-refractivity contribution in [1.82, 2.24) is 40.0 Å². The topological polar surface area (TPSA) is 169 Å². The van der Waals surface area contributed by atoms with Gasteiger partial charge in [0, 0.05) is 82.3 Å². The molecule has 400 valence electrons. The second-order valence-electron chi connectivity index (χ2n) is 21.5. The molecular formula is C58H72F2N8O7. The van der Waals surface area contributed by atoms with Crippen molar-refractivity contribution in [1.29, 1.82) is 0 Å². The molecule has 5 amide bonds. The Labute approximate surface area is 438 Å². The molecular weight excluding hydrogens is 959 g/mol. The number of fused-ring (bicyclic) bond motifs is 1. The van der Waals surface area contributed by atoms with E-state index in [1.165, 1.54) is 18.2 Å². The van der Waals surface area contributed by atoms with Crippen LogP contribution in [0.5, 0.6) is 0 Å². The summed E-state index contributed by atoms with van der Waals surface area (Å²) in [6, 6.07) is 15.6. The molecule has 3 unspecified atom stereocenters. The Bertz CT molecular complexity index is 2810. The number of H-pyrrole nitrogens is 1. The minimum Gasteiger partial charge on any atom is -0.375 e. The molecule has 9 rings (SSSR count). The van der Waals surface area contributed by atoms with Crippen LogP contribution in [-0.2, 0) is 25.5 Å². The molecule has 3 atom stereocenters. The van der Waals surface area contributed by atoms with Gasteiger partial charge >= 0.3 is 0 Å². The number of hydrogen-bond donors (Lipinski definition) is 2. The summed E-state index contributed by atoms with van der Waals surface area (Å²) >= 11 is 0. The number of aromatic nitrogens is 2. The van der Waals surface area contributed by atoms with Crippen LogP contribution in [0.15, 0.2) is 77.6 Å². The lowest BCUT2D eigenvalue weighted by molar-refractivity contribution is -0.140. The maximum Gasteiger partial charge on any atom is 0.272 e. The van der Waals surface area contributed by atoms with Crippen LogP contribution in [0.4, 0.5) is 8.78 Å². The molecule has 2 N–H and O–H groups in total. The number of aromatic amines is 1. The van der Waals surface area contributed by atoms with E-state index in [4.69, 9.17) is 4.74 Å². The van der Waals surface area contributed by atoms with Crippen LogP contribution in [0.1, 0.15) is 134 Å². The fourth-order valence-electron chi connectivity index (χ4n) is 12.0. The number of halogens is 2. The van der Waals surface area contributed by atoms with Gasteiger partial charge in [0.1, 0.15) is 17.7 Å². The van der Waals surface area contributed by atoms with E-state index in [1.54, 1.807) is 34.1 Å². The summed E-state index contributed by atoms with van der Waals surface area (Å²) in [4.78, 5) is 89.5. The molecule has 4 aliphatic heterocycles. The van der Waals surface area contributed by atoms with E-state index in [0.717, 1.165) is 50.5 Å². The summed E-state index contributed by atoms with van der Waals surface area (Å²) in [5.74, 6) is -2.39. The zero-order valence-electron chi connectivity index (χ0n) is 43.5. The molecule has 4 saturated heterocycles. The molecule has 15 nitrogen and oxygen atoms in total. The van der Waals surface area contributed by atoms with Crippen LogP contribution >= 0.6 is 0 Å². The summed E-state index contributed by atoms with van der Waals surface area (Å²) in [5.41, 5.74) is 2.27. The van der Waals surface area contributed by atoms with Gasteiger partial charge in [-0.15, -0.1) is 0 Å². The highest BCUT2D eigenvalue weighted by Gasteiger charge is 2.38. The molecule has 4 aromatic rings. The first-order valence-corrected chi connectivity index (χ1v) is 27.3. The van der Waals surface area contributed by atoms with E-state index in [1.807, 2.05) is 41.8 Å². The van der Waals surface area contributed by atoms with Crippen molar-refractivity contribution in [3.63, 3.8) is 0 Å². The number of ether oxygens (including phenoxy) is 1. The number of carbonyl (C=O) groups excluding carboxylic acids is 5. The van der Waals surface area contributed by atoms with Gasteiger partial charge in [-0.2, -0.15) is 5.10 Å². The molecule has 17 heteroatoms. The highest BCUT2D eigenvalue weighted by molar-refractivity contribution is 5.98. The highest BCUT2D eigenvalue weighted by atomic mass is 19.1. The Morgan fingerprint density at radius 3 is 2.12 bits per heavy atom. The molecule has 5 fully saturated rings. The summed E-state index contributed by atoms with van der Waals surface area (Å²) in [6.45, 7) is 12.3. The van der Waals surface area contributed by atoms with Crippen molar-refractivity contribution in [2.24, 2.45) is 5.92 Å². The predicted octanol–water partition coefficient (Wildman–Crippen LogP) is 6.99. The van der Waals surface area contributed by atoms with Crippen LogP contribution in [0.3, 0.4) is 0 Å². The lowest BCUT2D eigenvalue weighted by Crippen LogP contribution is -2.55. The van der Waals surface area contributed by atoms with Crippen LogP contribution in [0, 0.1) is 17.6 Å². The van der Waals surface area contributed by atoms with Gasteiger partial charge in [0.15, 0.2) is 0 Å². The van der Waals surface area contributed by atoms with Crippen LogP contribution < -0.4 is 10.9 Å². The molecule has 1 saturated carbocycles. The summed E-state index contributed by atoms with van der Waals surface area (Å²) < 4.78 is 37.5. The number of carbonyl (C=O) groups is 5. The normalized spacial score (nSPS) is 21.0. The average Bonchev–Trinajstić information content (AvgIpc) is 3.43. The number of amides is 5. The molecule has 5 aliphatic rings. The van der Waals surface area contributed by atoms with Gasteiger partial charge in [-0.05, 0) is 118 Å². The van der Waals surface area contributed by atoms with Crippen LogP contribution in [0.2, 0.25) is 0 Å². The molecule has 1 aliphatic carbocycles. The van der Waals surface area contributed by atoms with Gasteiger partial charge in [0.2, 0.25) is 17.7 Å². The van der Waals surface area contributed by atoms with Gasteiger partial charge < -0.3 is 29.7 Å². The number of nitrogens with one attached hydrogen (secondary N) is 2. The number of rotatable bonds is 14. The smallest absolute Gasteiger partial charge is 0.272 e. The summed E-state index contributed by atoms with van der Waals surface area (Å²) in [5, 5.41) is 11.0. The third-order valence-electron chi connectivity index (χ3n) is 16.6. The number of benzene rings is 3. The van der Waals surface area contributed by atoms with Crippen molar-refractivity contribution < 1.29 is 37.5 Å². The van der Waals surface area contributed by atoms with E-state index in [0.29, 0.717) is 112 Å². The van der Waals surface area contributed by atoms with Crippen molar-refractivity contribution >= 4 is 40.3 Å². The Balaban J connectivity index is 0.705. The molecule has 1 aromatic heterocycles.